The topological polar surface area (TPSA) is 38.0 Å². The number of nitrogens with zero attached hydrogens (tertiary/aromatic N) is 1. The molecule has 0 atom stereocenters. The Labute approximate surface area is 94.6 Å². The molecule has 0 saturated heterocycles. The van der Waals surface area contributed by atoms with Gasteiger partial charge in [0, 0.05) is 24.1 Å². The van der Waals surface area contributed by atoms with Crippen LogP contribution < -0.4 is 0 Å². The summed E-state index contributed by atoms with van der Waals surface area (Å²) in [6.45, 7) is 0. The second-order valence-corrected chi connectivity index (χ2v) is 3.20. The van der Waals surface area contributed by atoms with Crippen LogP contribution in [0.5, 0.6) is 0 Å². The van der Waals surface area contributed by atoms with Gasteiger partial charge >= 0.3 is 0 Å². The van der Waals surface area contributed by atoms with Crippen molar-refractivity contribution in [1.82, 2.24) is 4.57 Å². The first-order valence-corrected chi connectivity index (χ1v) is 4.41. The Kier molecular flexibility index (Phi) is 3.37. The second kappa shape index (κ2) is 4.36. The van der Waals surface area contributed by atoms with Crippen molar-refractivity contribution in [2.24, 2.45) is 7.05 Å². The fourth-order valence-electron chi connectivity index (χ4n) is 1.63. The molecule has 0 spiro atoms. The summed E-state index contributed by atoms with van der Waals surface area (Å²) in [5, 5.41) is 8.70. The number of hydrogen-bond acceptors (Lipinski definition) is 2. The molecule has 0 amide bonds. The number of rotatable bonds is 1. The fraction of sp³-hybridized carbons (Fsp3) is 0.182. The largest absolute Gasteiger partial charge is 0.481 e. The van der Waals surface area contributed by atoms with Gasteiger partial charge in [-0.25, -0.2) is 0 Å². The van der Waals surface area contributed by atoms with Crippen LogP contribution in [0.4, 0.5) is 0 Å². The first-order chi connectivity index (χ1) is 6.74. The van der Waals surface area contributed by atoms with Crippen molar-refractivity contribution >= 4 is 29.2 Å². The first-order valence-electron chi connectivity index (χ1n) is 4.41. The minimum Gasteiger partial charge on any atom is -0.481 e. The number of aryl methyl sites for hydroxylation is 1. The number of hydrogen-bond donors (Lipinski definition) is 1. The minimum absolute atomic E-state index is 0. The van der Waals surface area contributed by atoms with Gasteiger partial charge in [0.1, 0.15) is 0 Å². The average molecular weight is 225 g/mol. The normalized spacial score (nSPS) is 9.73. The minimum atomic E-state index is 0. The maximum absolute atomic E-state index is 7.64. The Hall–Kier alpha value is -1.48. The summed E-state index contributed by atoms with van der Waals surface area (Å²) in [4.78, 5) is 0. The maximum Gasteiger partial charge on any atom is 0.215 e. The lowest BCUT2D eigenvalue weighted by atomic mass is 10.2. The van der Waals surface area contributed by atoms with Gasteiger partial charge in [-0.15, -0.1) is 12.4 Å². The van der Waals surface area contributed by atoms with E-state index in [1.54, 1.807) is 0 Å². The van der Waals surface area contributed by atoms with Gasteiger partial charge in [-0.1, -0.05) is 18.2 Å². The Morgan fingerprint density at radius 3 is 2.67 bits per heavy atom. The molecule has 0 radical (unpaired) electrons. The maximum atomic E-state index is 7.64. The Bertz CT molecular complexity index is 490. The third kappa shape index (κ3) is 1.83. The van der Waals surface area contributed by atoms with Crippen LogP contribution in [0.2, 0.25) is 0 Å². The molecule has 0 bridgehead atoms. The Morgan fingerprint density at radius 1 is 1.33 bits per heavy atom. The number of ether oxygens (including phenoxy) is 1. The van der Waals surface area contributed by atoms with Crippen LogP contribution in [0.1, 0.15) is 5.56 Å². The lowest BCUT2D eigenvalue weighted by Crippen LogP contribution is -1.99. The van der Waals surface area contributed by atoms with Gasteiger partial charge in [-0.05, 0) is 6.07 Å². The van der Waals surface area contributed by atoms with E-state index in [4.69, 9.17) is 10.1 Å². The number of para-hydroxylation sites is 1. The zero-order valence-electron chi connectivity index (χ0n) is 8.65. The highest BCUT2D eigenvalue weighted by Gasteiger charge is 2.09. The SMILES string of the molecule is COC(=N)c1cn(C)c2ccccc12.Cl. The van der Waals surface area contributed by atoms with Gasteiger partial charge in [0.05, 0.1) is 12.7 Å². The van der Waals surface area contributed by atoms with Crippen LogP contribution in [0.3, 0.4) is 0 Å². The Morgan fingerprint density at radius 2 is 2.00 bits per heavy atom. The van der Waals surface area contributed by atoms with Gasteiger partial charge in [-0.2, -0.15) is 0 Å². The van der Waals surface area contributed by atoms with Crippen molar-refractivity contribution in [3.05, 3.63) is 36.0 Å². The van der Waals surface area contributed by atoms with E-state index in [2.05, 4.69) is 0 Å². The van der Waals surface area contributed by atoms with Crippen molar-refractivity contribution < 1.29 is 4.74 Å². The summed E-state index contributed by atoms with van der Waals surface area (Å²) in [5.74, 6) is 0.210. The predicted octanol–water partition coefficient (Wildman–Crippen LogP) is 2.57. The number of halogens is 1. The number of nitrogens with one attached hydrogen (secondary N) is 1. The highest BCUT2D eigenvalue weighted by Crippen LogP contribution is 2.20. The van der Waals surface area contributed by atoms with Crippen LogP contribution >= 0.6 is 12.4 Å². The molecule has 2 aromatic rings. The second-order valence-electron chi connectivity index (χ2n) is 3.20. The van der Waals surface area contributed by atoms with Crippen molar-refractivity contribution in [2.45, 2.75) is 0 Å². The van der Waals surface area contributed by atoms with Crippen LogP contribution in [0.25, 0.3) is 10.9 Å². The van der Waals surface area contributed by atoms with Crippen molar-refractivity contribution in [3.63, 3.8) is 0 Å². The number of fused-ring (bicyclic) bond motifs is 1. The number of aromatic nitrogens is 1. The molecular weight excluding hydrogens is 212 g/mol. The molecule has 1 aromatic heterocycles. The van der Waals surface area contributed by atoms with E-state index < -0.39 is 0 Å². The van der Waals surface area contributed by atoms with Crippen LogP contribution in [-0.2, 0) is 11.8 Å². The summed E-state index contributed by atoms with van der Waals surface area (Å²) in [6, 6.07) is 7.98. The molecule has 1 N–H and O–H groups in total. The monoisotopic (exact) mass is 224 g/mol. The first kappa shape index (κ1) is 11.6. The molecule has 0 aliphatic carbocycles. The number of benzene rings is 1. The average Bonchev–Trinajstić information content (AvgIpc) is 2.56. The summed E-state index contributed by atoms with van der Waals surface area (Å²) in [7, 11) is 3.48. The Balaban J connectivity index is 0.00000112. The molecule has 0 aliphatic rings. The molecular formula is C11H13ClN2O. The zero-order valence-corrected chi connectivity index (χ0v) is 9.47. The van der Waals surface area contributed by atoms with Gasteiger partial charge in [0.25, 0.3) is 0 Å². The van der Waals surface area contributed by atoms with E-state index in [0.717, 1.165) is 16.5 Å². The van der Waals surface area contributed by atoms with Gasteiger partial charge in [0.2, 0.25) is 5.90 Å². The predicted molar refractivity (Wildman–Crippen MR) is 64.0 cm³/mol. The molecule has 15 heavy (non-hydrogen) atoms. The summed E-state index contributed by atoms with van der Waals surface area (Å²) < 4.78 is 6.93. The lowest BCUT2D eigenvalue weighted by Gasteiger charge is -1.98. The highest BCUT2D eigenvalue weighted by molar-refractivity contribution is 6.05. The van der Waals surface area contributed by atoms with Crippen molar-refractivity contribution in [2.75, 3.05) is 7.11 Å². The summed E-state index contributed by atoms with van der Waals surface area (Å²) >= 11 is 0. The van der Waals surface area contributed by atoms with Gasteiger partial charge in [-0.3, -0.25) is 5.41 Å². The number of methoxy groups -OCH3 is 1. The molecule has 0 saturated carbocycles. The molecule has 0 unspecified atom stereocenters. The lowest BCUT2D eigenvalue weighted by molar-refractivity contribution is 0.401. The summed E-state index contributed by atoms with van der Waals surface area (Å²) in [6.07, 6.45) is 1.91. The van der Waals surface area contributed by atoms with E-state index in [1.165, 1.54) is 7.11 Å². The van der Waals surface area contributed by atoms with Crippen LogP contribution in [-0.4, -0.2) is 17.6 Å². The van der Waals surface area contributed by atoms with Gasteiger partial charge < -0.3 is 9.30 Å². The van der Waals surface area contributed by atoms with E-state index >= 15 is 0 Å². The molecule has 2 rings (SSSR count). The molecule has 1 aromatic carbocycles. The fourth-order valence-corrected chi connectivity index (χ4v) is 1.63. The summed E-state index contributed by atoms with van der Waals surface area (Å²) in [5.41, 5.74) is 1.95. The smallest absolute Gasteiger partial charge is 0.215 e. The molecule has 80 valence electrons. The van der Waals surface area contributed by atoms with Crippen molar-refractivity contribution in [1.29, 1.82) is 5.41 Å². The van der Waals surface area contributed by atoms with E-state index in [-0.39, 0.29) is 18.3 Å². The molecule has 3 nitrogen and oxygen atoms in total. The zero-order chi connectivity index (χ0) is 10.1. The molecule has 0 aliphatic heterocycles. The van der Waals surface area contributed by atoms with Crippen molar-refractivity contribution in [3.8, 4) is 0 Å². The standard InChI is InChI=1S/C11H12N2O.ClH/c1-13-7-9(11(12)14-2)8-5-3-4-6-10(8)13;/h3-7,12H,1-2H3;1H. The third-order valence-corrected chi connectivity index (χ3v) is 2.35. The molecule has 4 heteroatoms. The van der Waals surface area contributed by atoms with Gasteiger partial charge in [0.15, 0.2) is 0 Å². The van der Waals surface area contributed by atoms with E-state index in [1.807, 2.05) is 42.1 Å². The van der Waals surface area contributed by atoms with Crippen LogP contribution in [0, 0.1) is 5.41 Å². The molecule has 0 fully saturated rings. The third-order valence-electron chi connectivity index (χ3n) is 2.35. The quantitative estimate of drug-likeness (QED) is 0.587. The van der Waals surface area contributed by atoms with E-state index in [0.29, 0.717) is 0 Å². The van der Waals surface area contributed by atoms with Crippen LogP contribution in [0.15, 0.2) is 30.5 Å². The highest BCUT2D eigenvalue weighted by atomic mass is 35.5. The molecule has 1 heterocycles. The van der Waals surface area contributed by atoms with E-state index in [9.17, 15) is 0 Å².